The Morgan fingerprint density at radius 1 is 0.110 bits per heavy atom. The summed E-state index contributed by atoms with van der Waals surface area (Å²) in [7, 11) is 0. The van der Waals surface area contributed by atoms with Crippen molar-refractivity contribution in [3.8, 4) is 123 Å². The predicted octanol–water partition coefficient (Wildman–Crippen LogP) is 30.8. The van der Waals surface area contributed by atoms with Gasteiger partial charge in [-0.1, -0.05) is 340 Å². The first kappa shape index (κ1) is 69.1. The molecule has 0 N–H and O–H groups in total. The summed E-state index contributed by atoms with van der Waals surface area (Å²) in [5, 5.41) is 9.96. The van der Waals surface area contributed by atoms with Crippen LogP contribution in [0.5, 0.6) is 0 Å². The molecule has 0 aliphatic rings. The maximum Gasteiger partial charge on any atom is 0.0547 e. The fraction of sp³-hybridized carbons (Fsp3) is 0. The van der Waals surface area contributed by atoms with Crippen molar-refractivity contribution in [3.63, 3.8) is 0 Å². The Morgan fingerprint density at radius 2 is 0.314 bits per heavy atom. The zero-order chi connectivity index (χ0) is 78.0. The molecule has 23 aromatic rings. The van der Waals surface area contributed by atoms with E-state index in [4.69, 9.17) is 0 Å². The molecule has 4 heterocycles. The van der Waals surface area contributed by atoms with E-state index >= 15 is 0 Å². The van der Waals surface area contributed by atoms with Crippen molar-refractivity contribution in [1.29, 1.82) is 0 Å². The molecule has 0 bridgehead atoms. The summed E-state index contributed by atoms with van der Waals surface area (Å²) in [6, 6.07) is 168. The molecule has 0 atom stereocenters. The molecule has 0 saturated heterocycles. The van der Waals surface area contributed by atoms with Gasteiger partial charge in [0.15, 0.2) is 0 Å². The Labute approximate surface area is 684 Å². The minimum Gasteiger partial charge on any atom is -0.309 e. The largest absolute Gasteiger partial charge is 0.309 e. The molecule has 0 radical (unpaired) electrons. The molecule has 19 aromatic carbocycles. The molecule has 0 unspecified atom stereocenters. The minimum atomic E-state index is 1.15. The van der Waals surface area contributed by atoms with Gasteiger partial charge in [-0.15, -0.1) is 0 Å². The quantitative estimate of drug-likeness (QED) is 0.110. The van der Waals surface area contributed by atoms with Crippen LogP contribution in [0.3, 0.4) is 0 Å². The van der Waals surface area contributed by atoms with Gasteiger partial charge in [0.25, 0.3) is 0 Å². The number of aromatic nitrogens is 4. The molecule has 0 saturated carbocycles. The van der Waals surface area contributed by atoms with Crippen molar-refractivity contribution in [2.24, 2.45) is 0 Å². The minimum absolute atomic E-state index is 1.15. The molecule has 0 amide bonds. The second kappa shape index (κ2) is 29.4. The van der Waals surface area contributed by atoms with E-state index in [2.05, 4.69) is 479 Å². The van der Waals surface area contributed by atoms with Crippen LogP contribution in [0.4, 0.5) is 0 Å². The Balaban J connectivity index is 0.000000143. The zero-order valence-electron chi connectivity index (χ0n) is 64.7. The van der Waals surface area contributed by atoms with Gasteiger partial charge in [0, 0.05) is 65.8 Å². The summed E-state index contributed by atoms with van der Waals surface area (Å²) < 4.78 is 9.68. The molecule has 4 nitrogen and oxygen atoms in total. The zero-order valence-corrected chi connectivity index (χ0v) is 64.7. The van der Waals surface area contributed by atoms with Crippen LogP contribution in [0.1, 0.15) is 0 Å². The SMILES string of the molecule is c1ccc(-c2ccc(-c3cccc(-n4c5ccccc5c5cc(-c6ccc7c(c6)c6ccccc6n7-c6cccc(-c7ccc(-c8ccccc8)cc7)c6)ccc54)c3)cc2)cc1.c1ccc(-c2cccc(-n3c4ccccc4c4cc(-c5ccc6c(c5)c5c(-c7ccccc7)cccc5n6-c5cccc(-c6ccccc6)c5)ccc43)c2)cc1. The topological polar surface area (TPSA) is 19.7 Å². The van der Waals surface area contributed by atoms with Crippen LogP contribution >= 0.6 is 0 Å². The van der Waals surface area contributed by atoms with Crippen LogP contribution in [-0.4, -0.2) is 18.3 Å². The Hall–Kier alpha value is -15.6. The fourth-order valence-corrected chi connectivity index (χ4v) is 18.2. The maximum atomic E-state index is 2.44. The summed E-state index contributed by atoms with van der Waals surface area (Å²) in [6.45, 7) is 0. The molecular formula is C114H76N4. The van der Waals surface area contributed by atoms with Gasteiger partial charge < -0.3 is 18.3 Å². The van der Waals surface area contributed by atoms with E-state index in [1.807, 2.05) is 0 Å². The highest BCUT2D eigenvalue weighted by atomic mass is 15.0. The molecule has 0 aliphatic carbocycles. The van der Waals surface area contributed by atoms with Crippen LogP contribution < -0.4 is 0 Å². The van der Waals surface area contributed by atoms with Crippen molar-refractivity contribution in [2.75, 3.05) is 0 Å². The molecule has 4 aromatic heterocycles. The van der Waals surface area contributed by atoms with E-state index in [-0.39, 0.29) is 0 Å². The molecule has 552 valence electrons. The second-order valence-electron chi connectivity index (χ2n) is 30.7. The highest BCUT2D eigenvalue weighted by Gasteiger charge is 2.22. The number of rotatable bonds is 13. The van der Waals surface area contributed by atoms with Gasteiger partial charge in [0.05, 0.1) is 44.1 Å². The third-order valence-electron chi connectivity index (χ3n) is 23.8. The molecule has 118 heavy (non-hydrogen) atoms. The van der Waals surface area contributed by atoms with Crippen molar-refractivity contribution in [1.82, 2.24) is 18.3 Å². The molecule has 4 heteroatoms. The summed E-state index contributed by atoms with van der Waals surface area (Å²) in [5.41, 5.74) is 36.0. The van der Waals surface area contributed by atoms with Crippen LogP contribution in [0.25, 0.3) is 210 Å². The summed E-state index contributed by atoms with van der Waals surface area (Å²) in [4.78, 5) is 0. The number of fused-ring (bicyclic) bond motifs is 12. The Bertz CT molecular complexity index is 7500. The monoisotopic (exact) mass is 1500 g/mol. The normalized spacial score (nSPS) is 11.6. The smallest absolute Gasteiger partial charge is 0.0547 e. The summed E-state index contributed by atoms with van der Waals surface area (Å²) in [5.74, 6) is 0. The predicted molar refractivity (Wildman–Crippen MR) is 499 cm³/mol. The highest BCUT2D eigenvalue weighted by molar-refractivity contribution is 6.18. The van der Waals surface area contributed by atoms with Crippen molar-refractivity contribution in [2.45, 2.75) is 0 Å². The summed E-state index contributed by atoms with van der Waals surface area (Å²) >= 11 is 0. The average molecular weight is 1500 g/mol. The van der Waals surface area contributed by atoms with Crippen molar-refractivity contribution in [3.05, 3.63) is 461 Å². The van der Waals surface area contributed by atoms with E-state index in [9.17, 15) is 0 Å². The van der Waals surface area contributed by atoms with E-state index in [0.29, 0.717) is 0 Å². The standard InChI is InChI=1S/C60H40N2.C54H36N2/c1-3-13-41(14-4-1)43-25-29-45(30-26-43)47-17-11-19-51(37-47)61-57-23-9-7-21-53(57)55-39-49(33-35-59(55)61)50-34-36-60-56(40-50)54-22-8-10-24-58(54)62(60)52-20-12-18-48(38-52)46-31-27-44(28-32-46)42-15-5-2-6-16-42;1-4-15-37(16-5-1)40-21-12-23-44(33-40)55-50-27-11-10-25-47(50)48-35-42(29-31-51(48)55)43-30-32-52-49(36-43)54-46(39-19-8-3-9-20-39)26-14-28-53(54)56(52)45-24-13-22-41(34-45)38-17-6-2-7-18-38/h1-40H;1-36H. The van der Waals surface area contributed by atoms with Crippen LogP contribution in [0, 0.1) is 0 Å². The Kier molecular flexibility index (Phi) is 17.2. The van der Waals surface area contributed by atoms with E-state index in [1.165, 1.54) is 187 Å². The van der Waals surface area contributed by atoms with Gasteiger partial charge in [-0.2, -0.15) is 0 Å². The molecule has 23 rings (SSSR count). The van der Waals surface area contributed by atoms with Gasteiger partial charge in [0.2, 0.25) is 0 Å². The number of benzene rings is 19. The third kappa shape index (κ3) is 12.3. The molecule has 0 aliphatic heterocycles. The Morgan fingerprint density at radius 3 is 0.644 bits per heavy atom. The lowest BCUT2D eigenvalue weighted by molar-refractivity contribution is 1.18. The van der Waals surface area contributed by atoms with E-state index < -0.39 is 0 Å². The molecular weight excluding hydrogens is 1430 g/mol. The van der Waals surface area contributed by atoms with Crippen molar-refractivity contribution < 1.29 is 0 Å². The lowest BCUT2D eigenvalue weighted by Crippen LogP contribution is -1.94. The lowest BCUT2D eigenvalue weighted by atomic mass is 9.97. The van der Waals surface area contributed by atoms with Gasteiger partial charge in [-0.05, 0) is 221 Å². The van der Waals surface area contributed by atoms with Gasteiger partial charge in [-0.3, -0.25) is 0 Å². The fourth-order valence-electron chi connectivity index (χ4n) is 18.2. The van der Waals surface area contributed by atoms with Crippen molar-refractivity contribution >= 4 is 87.2 Å². The van der Waals surface area contributed by atoms with Crippen LogP contribution in [0.2, 0.25) is 0 Å². The van der Waals surface area contributed by atoms with Gasteiger partial charge >= 0.3 is 0 Å². The van der Waals surface area contributed by atoms with Crippen LogP contribution in [-0.2, 0) is 0 Å². The summed E-state index contributed by atoms with van der Waals surface area (Å²) in [6.07, 6.45) is 0. The average Bonchev–Trinajstić information content (AvgIpc) is 1.59. The number of hydrogen-bond acceptors (Lipinski definition) is 0. The first-order valence-corrected chi connectivity index (χ1v) is 40.6. The first-order chi connectivity index (χ1) is 58.5. The first-order valence-electron chi connectivity index (χ1n) is 40.6. The highest BCUT2D eigenvalue weighted by Crippen LogP contribution is 2.45. The van der Waals surface area contributed by atoms with Gasteiger partial charge in [0.1, 0.15) is 0 Å². The third-order valence-corrected chi connectivity index (χ3v) is 23.8. The second-order valence-corrected chi connectivity index (χ2v) is 30.7. The lowest BCUT2D eigenvalue weighted by Gasteiger charge is -2.12. The number of nitrogens with zero attached hydrogens (tertiary/aromatic N) is 4. The van der Waals surface area contributed by atoms with Gasteiger partial charge in [-0.25, -0.2) is 0 Å². The van der Waals surface area contributed by atoms with Crippen LogP contribution in [0.15, 0.2) is 461 Å². The molecule has 0 fully saturated rings. The van der Waals surface area contributed by atoms with E-state index in [1.54, 1.807) is 0 Å². The molecule has 0 spiro atoms. The maximum absolute atomic E-state index is 2.44. The number of hydrogen-bond donors (Lipinski definition) is 0. The van der Waals surface area contributed by atoms with E-state index in [0.717, 1.165) is 22.7 Å². The number of para-hydroxylation sites is 3.